The summed E-state index contributed by atoms with van der Waals surface area (Å²) in [7, 11) is 0. The number of hydrogen-bond acceptors (Lipinski definition) is 3. The number of nitrogens with one attached hydrogen (secondary N) is 1. The maximum absolute atomic E-state index is 11.8. The van der Waals surface area contributed by atoms with E-state index in [2.05, 4.69) is 10.5 Å². The molecule has 0 saturated heterocycles. The fourth-order valence-corrected chi connectivity index (χ4v) is 2.34. The zero-order chi connectivity index (χ0) is 16.7. The predicted molar refractivity (Wildman–Crippen MR) is 93.4 cm³/mol. The zero-order valence-corrected chi connectivity index (χ0v) is 14.1. The van der Waals surface area contributed by atoms with E-state index in [0.29, 0.717) is 22.2 Å². The van der Waals surface area contributed by atoms with Gasteiger partial charge in [-0.2, -0.15) is 5.10 Å². The van der Waals surface area contributed by atoms with Crippen LogP contribution in [0.2, 0.25) is 10.0 Å². The molecule has 2 aromatic carbocycles. The average Bonchev–Trinajstić information content (AvgIpc) is 2.55. The van der Waals surface area contributed by atoms with Crippen molar-refractivity contribution in [2.24, 2.45) is 5.10 Å². The standard InChI is InChI=1S/C17H16Cl2N2O2/c1-2-15(12-6-4-3-5-7-12)20-21-17(22)11-23-16-9-8-13(18)10-14(16)19/h3-10H,2,11H2,1H3,(H,21,22)/b20-15+. The predicted octanol–water partition coefficient (Wildman–Crippen LogP) is 4.30. The van der Waals surface area contributed by atoms with Crippen molar-refractivity contribution in [3.05, 3.63) is 64.1 Å². The molecule has 0 unspecified atom stereocenters. The van der Waals surface area contributed by atoms with Gasteiger partial charge in [0.15, 0.2) is 6.61 Å². The van der Waals surface area contributed by atoms with E-state index in [-0.39, 0.29) is 12.5 Å². The molecule has 4 nitrogen and oxygen atoms in total. The van der Waals surface area contributed by atoms with Crippen LogP contribution in [0.4, 0.5) is 0 Å². The lowest BCUT2D eigenvalue weighted by atomic mass is 10.1. The van der Waals surface area contributed by atoms with Gasteiger partial charge in [-0.25, -0.2) is 5.43 Å². The first-order valence-corrected chi connectivity index (χ1v) is 7.84. The highest BCUT2D eigenvalue weighted by atomic mass is 35.5. The van der Waals surface area contributed by atoms with Crippen molar-refractivity contribution in [3.63, 3.8) is 0 Å². The van der Waals surface area contributed by atoms with Crippen LogP contribution < -0.4 is 10.2 Å². The van der Waals surface area contributed by atoms with Gasteiger partial charge in [0.05, 0.1) is 10.7 Å². The summed E-state index contributed by atoms with van der Waals surface area (Å²) in [6.45, 7) is 1.79. The van der Waals surface area contributed by atoms with Crippen molar-refractivity contribution in [2.75, 3.05) is 6.61 Å². The molecule has 0 spiro atoms. The molecule has 2 aromatic rings. The largest absolute Gasteiger partial charge is 0.482 e. The van der Waals surface area contributed by atoms with Gasteiger partial charge in [0.1, 0.15) is 5.75 Å². The van der Waals surface area contributed by atoms with E-state index in [4.69, 9.17) is 27.9 Å². The summed E-state index contributed by atoms with van der Waals surface area (Å²) >= 11 is 11.8. The highest BCUT2D eigenvalue weighted by Gasteiger charge is 2.07. The van der Waals surface area contributed by atoms with E-state index in [1.54, 1.807) is 18.2 Å². The SMILES string of the molecule is CC/C(=N\NC(=O)COc1ccc(Cl)cc1Cl)c1ccccc1. The highest BCUT2D eigenvalue weighted by molar-refractivity contribution is 6.35. The lowest BCUT2D eigenvalue weighted by Crippen LogP contribution is -2.26. The van der Waals surface area contributed by atoms with E-state index in [0.717, 1.165) is 11.3 Å². The van der Waals surface area contributed by atoms with Crippen molar-refractivity contribution in [1.29, 1.82) is 0 Å². The van der Waals surface area contributed by atoms with Gasteiger partial charge in [0.2, 0.25) is 0 Å². The Morgan fingerprint density at radius 3 is 2.57 bits per heavy atom. The maximum Gasteiger partial charge on any atom is 0.277 e. The van der Waals surface area contributed by atoms with Gasteiger partial charge in [-0.05, 0) is 30.2 Å². The Bertz CT molecular complexity index is 703. The number of nitrogens with zero attached hydrogens (tertiary/aromatic N) is 1. The Labute approximate surface area is 145 Å². The number of benzene rings is 2. The number of carbonyl (C=O) groups is 1. The van der Waals surface area contributed by atoms with E-state index in [9.17, 15) is 4.79 Å². The fourth-order valence-electron chi connectivity index (χ4n) is 1.88. The van der Waals surface area contributed by atoms with E-state index < -0.39 is 0 Å². The Hall–Kier alpha value is -2.04. The third-order valence-electron chi connectivity index (χ3n) is 3.01. The van der Waals surface area contributed by atoms with Crippen LogP contribution in [-0.2, 0) is 4.79 Å². The van der Waals surface area contributed by atoms with Crippen LogP contribution >= 0.6 is 23.2 Å². The molecule has 0 aliphatic carbocycles. The van der Waals surface area contributed by atoms with Crippen molar-refractivity contribution in [1.82, 2.24) is 5.43 Å². The quantitative estimate of drug-likeness (QED) is 0.623. The Kier molecular flexibility index (Phi) is 6.44. The monoisotopic (exact) mass is 350 g/mol. The molecule has 0 atom stereocenters. The van der Waals surface area contributed by atoms with Gasteiger partial charge < -0.3 is 4.74 Å². The molecule has 6 heteroatoms. The molecule has 0 radical (unpaired) electrons. The molecule has 0 aliphatic rings. The average molecular weight is 351 g/mol. The summed E-state index contributed by atoms with van der Waals surface area (Å²) in [6.07, 6.45) is 0.703. The normalized spacial score (nSPS) is 11.2. The number of carbonyl (C=O) groups excluding carboxylic acids is 1. The Morgan fingerprint density at radius 2 is 1.91 bits per heavy atom. The number of hydrogen-bond donors (Lipinski definition) is 1. The van der Waals surface area contributed by atoms with Crippen LogP contribution in [0.1, 0.15) is 18.9 Å². The molecule has 1 amide bonds. The van der Waals surface area contributed by atoms with Crippen molar-refractivity contribution < 1.29 is 9.53 Å². The minimum Gasteiger partial charge on any atom is -0.482 e. The van der Waals surface area contributed by atoms with E-state index in [1.807, 2.05) is 37.3 Å². The van der Waals surface area contributed by atoms with Crippen LogP contribution in [0.5, 0.6) is 5.75 Å². The fraction of sp³-hybridized carbons (Fsp3) is 0.176. The molecule has 0 fully saturated rings. The molecule has 0 saturated carbocycles. The van der Waals surface area contributed by atoms with Gasteiger partial charge in [-0.3, -0.25) is 4.79 Å². The molecule has 0 heterocycles. The Morgan fingerprint density at radius 1 is 1.17 bits per heavy atom. The first-order chi connectivity index (χ1) is 11.1. The third kappa shape index (κ3) is 5.27. The number of halogens is 2. The maximum atomic E-state index is 11.8. The molecular formula is C17H16Cl2N2O2. The second kappa shape index (κ2) is 8.56. The topological polar surface area (TPSA) is 50.7 Å². The van der Waals surface area contributed by atoms with Crippen molar-refractivity contribution >= 4 is 34.8 Å². The van der Waals surface area contributed by atoms with Gasteiger partial charge in [0, 0.05) is 5.02 Å². The number of rotatable bonds is 6. The van der Waals surface area contributed by atoms with Gasteiger partial charge in [-0.15, -0.1) is 0 Å². The second-order valence-electron chi connectivity index (χ2n) is 4.68. The lowest BCUT2D eigenvalue weighted by molar-refractivity contribution is -0.123. The van der Waals surface area contributed by atoms with Gasteiger partial charge in [0.25, 0.3) is 5.91 Å². The molecule has 1 N–H and O–H groups in total. The summed E-state index contributed by atoms with van der Waals surface area (Å²) in [6, 6.07) is 14.5. The highest BCUT2D eigenvalue weighted by Crippen LogP contribution is 2.27. The van der Waals surface area contributed by atoms with Gasteiger partial charge >= 0.3 is 0 Å². The summed E-state index contributed by atoms with van der Waals surface area (Å²) < 4.78 is 5.35. The molecule has 23 heavy (non-hydrogen) atoms. The zero-order valence-electron chi connectivity index (χ0n) is 12.6. The van der Waals surface area contributed by atoms with Crippen molar-refractivity contribution in [3.8, 4) is 5.75 Å². The van der Waals surface area contributed by atoms with Crippen LogP contribution in [0, 0.1) is 0 Å². The number of hydrazone groups is 1. The summed E-state index contributed by atoms with van der Waals surface area (Å²) in [5.74, 6) is 0.0341. The van der Waals surface area contributed by atoms with Crippen molar-refractivity contribution in [2.45, 2.75) is 13.3 Å². The molecule has 0 aromatic heterocycles. The van der Waals surface area contributed by atoms with Crippen LogP contribution in [0.25, 0.3) is 0 Å². The minimum atomic E-state index is -0.363. The Balaban J connectivity index is 1.92. The first-order valence-electron chi connectivity index (χ1n) is 7.09. The molecule has 2 rings (SSSR count). The first kappa shape index (κ1) is 17.3. The second-order valence-corrected chi connectivity index (χ2v) is 5.52. The molecule has 120 valence electrons. The molecule has 0 bridgehead atoms. The molecular weight excluding hydrogens is 335 g/mol. The summed E-state index contributed by atoms with van der Waals surface area (Å²) in [5.41, 5.74) is 4.25. The van der Waals surface area contributed by atoms with Crippen LogP contribution in [-0.4, -0.2) is 18.2 Å². The molecule has 0 aliphatic heterocycles. The lowest BCUT2D eigenvalue weighted by Gasteiger charge is -2.08. The van der Waals surface area contributed by atoms with Crippen LogP contribution in [0.15, 0.2) is 53.6 Å². The van der Waals surface area contributed by atoms with E-state index in [1.165, 1.54) is 0 Å². The minimum absolute atomic E-state index is 0.184. The third-order valence-corrected chi connectivity index (χ3v) is 3.54. The number of ether oxygens (including phenoxy) is 1. The van der Waals surface area contributed by atoms with Crippen LogP contribution in [0.3, 0.4) is 0 Å². The number of amides is 1. The smallest absolute Gasteiger partial charge is 0.277 e. The summed E-state index contributed by atoms with van der Waals surface area (Å²) in [4.78, 5) is 11.8. The summed E-state index contributed by atoms with van der Waals surface area (Å²) in [5, 5.41) is 5.00. The van der Waals surface area contributed by atoms with Gasteiger partial charge in [-0.1, -0.05) is 60.5 Å². The van der Waals surface area contributed by atoms with E-state index >= 15 is 0 Å².